The summed E-state index contributed by atoms with van der Waals surface area (Å²) in [6, 6.07) is 13.8. The largest absolute Gasteiger partial charge is 0.387 e. The summed E-state index contributed by atoms with van der Waals surface area (Å²) in [6.45, 7) is 2.18. The maximum Gasteiger partial charge on any atom is 0.184 e. The molecule has 27 heavy (non-hydrogen) atoms. The molecule has 2 aliphatic rings. The van der Waals surface area contributed by atoms with E-state index in [1.165, 1.54) is 23.9 Å². The average Bonchev–Trinajstić information content (AvgIpc) is 2.67. The molecule has 2 aromatic rings. The molecule has 0 radical (unpaired) electrons. The number of halogens is 1. The smallest absolute Gasteiger partial charge is 0.184 e. The number of thioether (sulfide) groups is 1. The summed E-state index contributed by atoms with van der Waals surface area (Å²) >= 11 is 1.35. The van der Waals surface area contributed by atoms with Crippen LogP contribution in [0.1, 0.15) is 17.4 Å². The van der Waals surface area contributed by atoms with Crippen molar-refractivity contribution in [3.8, 4) is 0 Å². The molecule has 2 aliphatic heterocycles. The number of aliphatic hydroxyl groups is 2. The van der Waals surface area contributed by atoms with E-state index in [-0.39, 0.29) is 6.61 Å². The van der Waals surface area contributed by atoms with Gasteiger partial charge in [-0.05, 0) is 31.2 Å². The summed E-state index contributed by atoms with van der Waals surface area (Å²) in [6.07, 6.45) is -4.34. The predicted molar refractivity (Wildman–Crippen MR) is 97.7 cm³/mol. The summed E-state index contributed by atoms with van der Waals surface area (Å²) in [4.78, 5) is 0.936. The normalized spacial score (nSPS) is 33.5. The van der Waals surface area contributed by atoms with Crippen LogP contribution in [0.15, 0.2) is 53.4 Å². The summed E-state index contributed by atoms with van der Waals surface area (Å²) in [5, 5.41) is 21.1. The Balaban J connectivity index is 1.46. The van der Waals surface area contributed by atoms with Crippen LogP contribution in [0.3, 0.4) is 0 Å². The molecule has 0 unspecified atom stereocenters. The van der Waals surface area contributed by atoms with E-state index < -0.39 is 42.0 Å². The van der Waals surface area contributed by atoms with E-state index in [0.29, 0.717) is 5.56 Å². The molecule has 144 valence electrons. The minimum Gasteiger partial charge on any atom is -0.387 e. The Hall–Kier alpha value is -1.48. The number of aryl methyl sites for hydroxylation is 1. The number of hydrogen-bond donors (Lipinski definition) is 2. The van der Waals surface area contributed by atoms with Gasteiger partial charge in [-0.1, -0.05) is 41.6 Å². The van der Waals surface area contributed by atoms with Crippen molar-refractivity contribution in [2.24, 2.45) is 0 Å². The van der Waals surface area contributed by atoms with Crippen molar-refractivity contribution >= 4 is 11.8 Å². The van der Waals surface area contributed by atoms with E-state index >= 15 is 0 Å². The number of fused-ring (bicyclic) bond motifs is 1. The highest BCUT2D eigenvalue weighted by Gasteiger charge is 2.49. The molecule has 2 N–H and O–H groups in total. The molecule has 0 aliphatic carbocycles. The van der Waals surface area contributed by atoms with Gasteiger partial charge in [0, 0.05) is 10.5 Å². The van der Waals surface area contributed by atoms with Crippen LogP contribution in [0.25, 0.3) is 0 Å². The van der Waals surface area contributed by atoms with Crippen LogP contribution in [0.2, 0.25) is 0 Å². The van der Waals surface area contributed by atoms with Crippen LogP contribution >= 0.6 is 11.8 Å². The first-order valence-electron chi connectivity index (χ1n) is 8.79. The van der Waals surface area contributed by atoms with E-state index in [1.54, 1.807) is 12.1 Å². The molecule has 2 fully saturated rings. The average molecular weight is 392 g/mol. The third-order valence-corrected chi connectivity index (χ3v) is 5.89. The van der Waals surface area contributed by atoms with Crippen LogP contribution in [-0.2, 0) is 14.2 Å². The zero-order valence-corrected chi connectivity index (χ0v) is 15.5. The van der Waals surface area contributed by atoms with E-state index in [9.17, 15) is 14.6 Å². The predicted octanol–water partition coefficient (Wildman–Crippen LogP) is 2.79. The van der Waals surface area contributed by atoms with Gasteiger partial charge in [0.25, 0.3) is 0 Å². The summed E-state index contributed by atoms with van der Waals surface area (Å²) < 4.78 is 30.9. The molecule has 0 bridgehead atoms. The van der Waals surface area contributed by atoms with Gasteiger partial charge in [-0.2, -0.15) is 0 Å². The lowest BCUT2D eigenvalue weighted by molar-refractivity contribution is -0.318. The fourth-order valence-corrected chi connectivity index (χ4v) is 4.31. The monoisotopic (exact) mass is 392 g/mol. The van der Waals surface area contributed by atoms with Gasteiger partial charge in [-0.25, -0.2) is 4.39 Å². The zero-order chi connectivity index (χ0) is 19.0. The van der Waals surface area contributed by atoms with Crippen LogP contribution in [0, 0.1) is 12.7 Å². The summed E-state index contributed by atoms with van der Waals surface area (Å²) in [5.41, 5.74) is 1.02. The van der Waals surface area contributed by atoms with Crippen LogP contribution in [0.5, 0.6) is 0 Å². The lowest BCUT2D eigenvalue weighted by Gasteiger charge is -2.46. The Kier molecular flexibility index (Phi) is 5.50. The molecule has 0 saturated carbocycles. The fraction of sp³-hybridized carbons (Fsp3) is 0.400. The van der Waals surface area contributed by atoms with E-state index in [4.69, 9.17) is 14.2 Å². The Morgan fingerprint density at radius 3 is 2.56 bits per heavy atom. The molecule has 0 aromatic heterocycles. The van der Waals surface area contributed by atoms with E-state index in [2.05, 4.69) is 0 Å². The first kappa shape index (κ1) is 18.9. The van der Waals surface area contributed by atoms with E-state index in [0.717, 1.165) is 10.5 Å². The fourth-order valence-electron chi connectivity index (χ4n) is 3.25. The second-order valence-electron chi connectivity index (χ2n) is 6.78. The SMILES string of the molecule is Cc1ccc(S[C@@H]2O[C@@H]3CO[C@H](c4cccc(F)c4)O[C@@H]3[C@H](O)[C@H]2O)cc1. The molecule has 0 spiro atoms. The van der Waals surface area contributed by atoms with Gasteiger partial charge in [-0.15, -0.1) is 0 Å². The van der Waals surface area contributed by atoms with Crippen molar-refractivity contribution in [1.82, 2.24) is 0 Å². The third kappa shape index (κ3) is 4.03. The molecule has 2 heterocycles. The standard InChI is InChI=1S/C20H21FO5S/c1-11-5-7-14(8-6-11)27-20-17(23)16(22)18-15(25-20)10-24-19(26-18)12-3-2-4-13(21)9-12/h2-9,15-20,22-23H,10H2,1H3/t15-,16-,17-,18+,19+,20+/m1/s1. The van der Waals surface area contributed by atoms with Gasteiger partial charge in [-0.3, -0.25) is 0 Å². The Labute approximate surface area is 161 Å². The lowest BCUT2D eigenvalue weighted by atomic mass is 9.99. The Morgan fingerprint density at radius 2 is 1.81 bits per heavy atom. The van der Waals surface area contributed by atoms with Crippen LogP contribution in [-0.4, -0.2) is 46.7 Å². The number of rotatable bonds is 3. The Bertz CT molecular complexity index is 784. The van der Waals surface area contributed by atoms with Crippen molar-refractivity contribution in [3.63, 3.8) is 0 Å². The highest BCUT2D eigenvalue weighted by atomic mass is 32.2. The molecule has 7 heteroatoms. The quantitative estimate of drug-likeness (QED) is 0.837. The minimum absolute atomic E-state index is 0.181. The van der Waals surface area contributed by atoms with Gasteiger partial charge in [0.15, 0.2) is 6.29 Å². The summed E-state index contributed by atoms with van der Waals surface area (Å²) in [5.74, 6) is -0.392. The lowest BCUT2D eigenvalue weighted by Crippen LogP contribution is -2.60. The van der Waals surface area contributed by atoms with Gasteiger partial charge in [0.2, 0.25) is 0 Å². The van der Waals surface area contributed by atoms with Gasteiger partial charge < -0.3 is 24.4 Å². The molecule has 5 nitrogen and oxygen atoms in total. The van der Waals surface area contributed by atoms with Crippen molar-refractivity contribution in [3.05, 3.63) is 65.5 Å². The highest BCUT2D eigenvalue weighted by molar-refractivity contribution is 7.99. The molecule has 2 saturated heterocycles. The highest BCUT2D eigenvalue weighted by Crippen LogP contribution is 2.38. The number of hydrogen-bond acceptors (Lipinski definition) is 6. The van der Waals surface area contributed by atoms with Gasteiger partial charge in [0.1, 0.15) is 35.7 Å². The Morgan fingerprint density at radius 1 is 1.04 bits per heavy atom. The van der Waals surface area contributed by atoms with Crippen molar-refractivity contribution in [2.75, 3.05) is 6.61 Å². The second-order valence-corrected chi connectivity index (χ2v) is 7.95. The van der Waals surface area contributed by atoms with Crippen LogP contribution < -0.4 is 0 Å². The number of aliphatic hydroxyl groups excluding tert-OH is 2. The molecular weight excluding hydrogens is 371 g/mol. The molecule has 2 aromatic carbocycles. The van der Waals surface area contributed by atoms with Crippen molar-refractivity contribution < 1.29 is 28.8 Å². The van der Waals surface area contributed by atoms with Crippen molar-refractivity contribution in [2.45, 2.75) is 48.0 Å². The molecule has 6 atom stereocenters. The maximum absolute atomic E-state index is 13.4. The third-order valence-electron chi connectivity index (χ3n) is 4.73. The first-order chi connectivity index (χ1) is 13.0. The van der Waals surface area contributed by atoms with Crippen LogP contribution in [0.4, 0.5) is 4.39 Å². The topological polar surface area (TPSA) is 68.2 Å². The molecule has 4 rings (SSSR count). The molecular formula is C20H21FO5S. The van der Waals surface area contributed by atoms with Gasteiger partial charge in [0.05, 0.1) is 6.61 Å². The van der Waals surface area contributed by atoms with E-state index in [1.807, 2.05) is 31.2 Å². The number of ether oxygens (including phenoxy) is 3. The molecule has 0 amide bonds. The minimum atomic E-state index is -1.13. The zero-order valence-electron chi connectivity index (χ0n) is 14.7. The van der Waals surface area contributed by atoms with Crippen molar-refractivity contribution in [1.29, 1.82) is 0 Å². The first-order valence-corrected chi connectivity index (χ1v) is 9.67. The number of benzene rings is 2. The summed E-state index contributed by atoms with van der Waals surface area (Å²) in [7, 11) is 0. The van der Waals surface area contributed by atoms with Gasteiger partial charge >= 0.3 is 0 Å². The second kappa shape index (κ2) is 7.87. The maximum atomic E-state index is 13.4.